The summed E-state index contributed by atoms with van der Waals surface area (Å²) in [5.74, 6) is 2.56. The fourth-order valence-corrected chi connectivity index (χ4v) is 3.84. The monoisotopic (exact) mass is 248 g/mol. The summed E-state index contributed by atoms with van der Waals surface area (Å²) in [6, 6.07) is 7.47. The molecule has 0 aliphatic carbocycles. The number of rotatable bonds is 2. The van der Waals surface area contributed by atoms with Crippen molar-refractivity contribution in [3.8, 4) is 0 Å². The third kappa shape index (κ3) is 2.31. The predicted octanol–water partition coefficient (Wildman–Crippen LogP) is 2.59. The molecule has 1 atom stereocenters. The smallest absolute Gasteiger partial charge is 0.0419 e. The van der Waals surface area contributed by atoms with Gasteiger partial charge < -0.3 is 5.32 Å². The largest absolute Gasteiger partial charge is 0.384 e. The molecule has 92 valence electrons. The SMILES string of the molecule is CC1CSCCN1Cc1cccc2c1NCC2. The number of nitrogens with one attached hydrogen (secondary N) is 1. The maximum Gasteiger partial charge on any atom is 0.0419 e. The molecule has 1 saturated heterocycles. The van der Waals surface area contributed by atoms with Crippen molar-refractivity contribution in [1.82, 2.24) is 4.90 Å². The molecule has 3 rings (SSSR count). The van der Waals surface area contributed by atoms with E-state index in [1.54, 1.807) is 0 Å². The molecule has 2 nitrogen and oxygen atoms in total. The van der Waals surface area contributed by atoms with Crippen LogP contribution in [0.15, 0.2) is 18.2 Å². The summed E-state index contributed by atoms with van der Waals surface area (Å²) in [4.78, 5) is 2.62. The van der Waals surface area contributed by atoms with Gasteiger partial charge in [-0.2, -0.15) is 11.8 Å². The van der Waals surface area contributed by atoms with Crippen molar-refractivity contribution in [3.63, 3.8) is 0 Å². The number of fused-ring (bicyclic) bond motifs is 1. The van der Waals surface area contributed by atoms with E-state index in [0.717, 1.165) is 13.1 Å². The summed E-state index contributed by atoms with van der Waals surface area (Å²) in [5.41, 5.74) is 4.40. The Balaban J connectivity index is 1.78. The molecule has 0 aromatic heterocycles. The first kappa shape index (κ1) is 11.4. The molecule has 0 radical (unpaired) electrons. The molecule has 0 spiro atoms. The molecule has 17 heavy (non-hydrogen) atoms. The highest BCUT2D eigenvalue weighted by Gasteiger charge is 2.21. The van der Waals surface area contributed by atoms with Crippen molar-refractivity contribution in [2.24, 2.45) is 0 Å². The Morgan fingerprint density at radius 1 is 1.47 bits per heavy atom. The van der Waals surface area contributed by atoms with Crippen LogP contribution < -0.4 is 5.32 Å². The number of para-hydroxylation sites is 1. The van der Waals surface area contributed by atoms with Crippen molar-refractivity contribution in [3.05, 3.63) is 29.3 Å². The van der Waals surface area contributed by atoms with Gasteiger partial charge >= 0.3 is 0 Å². The first-order chi connectivity index (χ1) is 8.34. The van der Waals surface area contributed by atoms with Gasteiger partial charge in [-0.25, -0.2) is 0 Å². The van der Waals surface area contributed by atoms with Gasteiger partial charge in [-0.15, -0.1) is 0 Å². The van der Waals surface area contributed by atoms with Crippen LogP contribution in [0, 0.1) is 0 Å². The fourth-order valence-electron chi connectivity index (χ4n) is 2.76. The molecular formula is C14H20N2S. The normalized spacial score (nSPS) is 24.4. The van der Waals surface area contributed by atoms with Gasteiger partial charge in [0.25, 0.3) is 0 Å². The number of hydrogen-bond donors (Lipinski definition) is 1. The van der Waals surface area contributed by atoms with E-state index in [1.807, 2.05) is 0 Å². The maximum absolute atomic E-state index is 3.54. The van der Waals surface area contributed by atoms with Crippen molar-refractivity contribution >= 4 is 17.4 Å². The Labute approximate surface area is 108 Å². The number of benzene rings is 1. The van der Waals surface area contributed by atoms with E-state index in [1.165, 1.54) is 41.3 Å². The zero-order chi connectivity index (χ0) is 11.7. The van der Waals surface area contributed by atoms with Gasteiger partial charge in [-0.1, -0.05) is 18.2 Å². The van der Waals surface area contributed by atoms with Gasteiger partial charge in [0.2, 0.25) is 0 Å². The highest BCUT2D eigenvalue weighted by Crippen LogP contribution is 2.28. The minimum absolute atomic E-state index is 0.714. The van der Waals surface area contributed by atoms with Gasteiger partial charge in [-0.05, 0) is 24.5 Å². The Hall–Kier alpha value is -0.670. The Kier molecular flexibility index (Phi) is 3.30. The Morgan fingerprint density at radius 2 is 2.41 bits per heavy atom. The zero-order valence-corrected chi connectivity index (χ0v) is 11.2. The van der Waals surface area contributed by atoms with E-state index in [2.05, 4.69) is 47.1 Å². The third-order valence-electron chi connectivity index (χ3n) is 3.81. The van der Waals surface area contributed by atoms with Crippen LogP contribution in [-0.4, -0.2) is 35.5 Å². The molecule has 0 amide bonds. The molecule has 0 saturated carbocycles. The highest BCUT2D eigenvalue weighted by molar-refractivity contribution is 7.99. The second kappa shape index (κ2) is 4.91. The molecule has 1 N–H and O–H groups in total. The predicted molar refractivity (Wildman–Crippen MR) is 75.8 cm³/mol. The van der Waals surface area contributed by atoms with E-state index in [-0.39, 0.29) is 0 Å². The van der Waals surface area contributed by atoms with E-state index >= 15 is 0 Å². The Morgan fingerprint density at radius 3 is 3.29 bits per heavy atom. The van der Waals surface area contributed by atoms with Crippen molar-refractivity contribution in [2.75, 3.05) is 29.9 Å². The first-order valence-electron chi connectivity index (χ1n) is 6.51. The molecule has 2 aliphatic heterocycles. The zero-order valence-electron chi connectivity index (χ0n) is 10.4. The van der Waals surface area contributed by atoms with Crippen LogP contribution in [0.2, 0.25) is 0 Å². The number of thioether (sulfide) groups is 1. The van der Waals surface area contributed by atoms with Crippen LogP contribution in [0.25, 0.3) is 0 Å². The van der Waals surface area contributed by atoms with Gasteiger partial charge in [0.15, 0.2) is 0 Å². The standard InChI is InChI=1S/C14H20N2S/c1-11-10-17-8-7-16(11)9-13-4-2-3-12-5-6-15-14(12)13/h2-4,11,15H,5-10H2,1H3. The third-order valence-corrected chi connectivity index (χ3v) is 5.00. The second-order valence-corrected chi connectivity index (χ2v) is 6.17. The average molecular weight is 248 g/mol. The summed E-state index contributed by atoms with van der Waals surface area (Å²) in [7, 11) is 0. The van der Waals surface area contributed by atoms with Crippen LogP contribution in [0.1, 0.15) is 18.1 Å². The van der Waals surface area contributed by atoms with Gasteiger partial charge in [0.1, 0.15) is 0 Å². The average Bonchev–Trinajstić information content (AvgIpc) is 2.81. The lowest BCUT2D eigenvalue weighted by molar-refractivity contribution is 0.224. The summed E-state index contributed by atoms with van der Waals surface area (Å²) in [6.45, 7) is 5.80. The lowest BCUT2D eigenvalue weighted by Gasteiger charge is -2.33. The van der Waals surface area contributed by atoms with Crippen LogP contribution in [0.4, 0.5) is 5.69 Å². The minimum Gasteiger partial charge on any atom is -0.384 e. The molecule has 1 fully saturated rings. The molecular weight excluding hydrogens is 228 g/mol. The lowest BCUT2D eigenvalue weighted by atomic mass is 10.1. The van der Waals surface area contributed by atoms with Gasteiger partial charge in [0.05, 0.1) is 0 Å². The summed E-state index contributed by atoms with van der Waals surface area (Å²) >= 11 is 2.09. The molecule has 1 unspecified atom stereocenters. The Bertz CT molecular complexity index is 405. The maximum atomic E-state index is 3.54. The van der Waals surface area contributed by atoms with E-state index in [0.29, 0.717) is 6.04 Å². The van der Waals surface area contributed by atoms with Gasteiger partial charge in [0, 0.05) is 42.9 Å². The van der Waals surface area contributed by atoms with E-state index < -0.39 is 0 Å². The number of nitrogens with zero attached hydrogens (tertiary/aromatic N) is 1. The summed E-state index contributed by atoms with van der Waals surface area (Å²) in [6.07, 6.45) is 1.19. The van der Waals surface area contributed by atoms with E-state index in [4.69, 9.17) is 0 Å². The van der Waals surface area contributed by atoms with Gasteiger partial charge in [-0.3, -0.25) is 4.90 Å². The molecule has 2 heterocycles. The van der Waals surface area contributed by atoms with Crippen LogP contribution in [0.5, 0.6) is 0 Å². The van der Waals surface area contributed by atoms with Crippen molar-refractivity contribution in [1.29, 1.82) is 0 Å². The quantitative estimate of drug-likeness (QED) is 0.866. The van der Waals surface area contributed by atoms with Crippen molar-refractivity contribution < 1.29 is 0 Å². The molecule has 1 aromatic carbocycles. The number of hydrogen-bond acceptors (Lipinski definition) is 3. The summed E-state index contributed by atoms with van der Waals surface area (Å²) < 4.78 is 0. The molecule has 3 heteroatoms. The summed E-state index contributed by atoms with van der Waals surface area (Å²) in [5, 5.41) is 3.54. The van der Waals surface area contributed by atoms with Crippen LogP contribution in [-0.2, 0) is 13.0 Å². The number of anilines is 1. The van der Waals surface area contributed by atoms with Crippen LogP contribution in [0.3, 0.4) is 0 Å². The van der Waals surface area contributed by atoms with Crippen molar-refractivity contribution in [2.45, 2.75) is 25.9 Å². The fraction of sp³-hybridized carbons (Fsp3) is 0.571. The molecule has 1 aromatic rings. The molecule has 0 bridgehead atoms. The first-order valence-corrected chi connectivity index (χ1v) is 7.66. The molecule has 2 aliphatic rings. The van der Waals surface area contributed by atoms with E-state index in [9.17, 15) is 0 Å². The topological polar surface area (TPSA) is 15.3 Å². The van der Waals surface area contributed by atoms with Crippen LogP contribution >= 0.6 is 11.8 Å². The highest BCUT2D eigenvalue weighted by atomic mass is 32.2. The lowest BCUT2D eigenvalue weighted by Crippen LogP contribution is -2.39. The minimum atomic E-state index is 0.714. The second-order valence-electron chi connectivity index (χ2n) is 5.02.